The molecule has 2 rings (SSSR count). The molecule has 0 spiro atoms. The van der Waals surface area contributed by atoms with Gasteiger partial charge in [0.25, 0.3) is 0 Å². The molecule has 1 atom stereocenters. The molecule has 0 bridgehead atoms. The summed E-state index contributed by atoms with van der Waals surface area (Å²) < 4.78 is 11.0. The molecule has 0 amide bonds. The number of piperazine rings is 1. The molecule has 1 unspecified atom stereocenters. The molecular formula is C23H41N5O2. The highest BCUT2D eigenvalue weighted by molar-refractivity contribution is 5.79. The van der Waals surface area contributed by atoms with E-state index in [1.54, 1.807) is 7.11 Å². The van der Waals surface area contributed by atoms with Crippen molar-refractivity contribution in [2.24, 2.45) is 4.99 Å². The van der Waals surface area contributed by atoms with Crippen molar-refractivity contribution in [3.05, 3.63) is 23.8 Å². The number of nitrogens with one attached hydrogen (secondary N) is 2. The molecule has 0 aliphatic carbocycles. The third-order valence-electron chi connectivity index (χ3n) is 5.48. The molecule has 30 heavy (non-hydrogen) atoms. The number of rotatable bonds is 11. The fourth-order valence-electron chi connectivity index (χ4n) is 3.59. The second-order valence-corrected chi connectivity index (χ2v) is 7.86. The van der Waals surface area contributed by atoms with Crippen molar-refractivity contribution in [1.82, 2.24) is 20.4 Å². The first-order valence-electron chi connectivity index (χ1n) is 11.3. The zero-order valence-corrected chi connectivity index (χ0v) is 19.5. The van der Waals surface area contributed by atoms with E-state index in [1.807, 2.05) is 13.0 Å². The van der Waals surface area contributed by atoms with Crippen LogP contribution in [-0.4, -0.2) is 88.4 Å². The fourth-order valence-corrected chi connectivity index (χ4v) is 3.59. The third-order valence-corrected chi connectivity index (χ3v) is 5.48. The van der Waals surface area contributed by atoms with E-state index in [4.69, 9.17) is 14.5 Å². The number of hydrogen-bond acceptors (Lipinski definition) is 5. The van der Waals surface area contributed by atoms with E-state index in [0.29, 0.717) is 12.6 Å². The summed E-state index contributed by atoms with van der Waals surface area (Å²) >= 11 is 0. The van der Waals surface area contributed by atoms with Crippen LogP contribution in [-0.2, 0) is 6.42 Å². The van der Waals surface area contributed by atoms with Crippen LogP contribution >= 0.6 is 0 Å². The van der Waals surface area contributed by atoms with Crippen LogP contribution in [0.15, 0.2) is 23.2 Å². The highest BCUT2D eigenvalue weighted by atomic mass is 16.5. The van der Waals surface area contributed by atoms with Crippen LogP contribution in [0.3, 0.4) is 0 Å². The predicted molar refractivity (Wildman–Crippen MR) is 125 cm³/mol. The van der Waals surface area contributed by atoms with Gasteiger partial charge in [0, 0.05) is 45.3 Å². The van der Waals surface area contributed by atoms with Gasteiger partial charge in [0.15, 0.2) is 17.5 Å². The molecule has 1 aliphatic heterocycles. The lowest BCUT2D eigenvalue weighted by atomic mass is 10.1. The van der Waals surface area contributed by atoms with Crippen molar-refractivity contribution in [3.63, 3.8) is 0 Å². The van der Waals surface area contributed by atoms with Gasteiger partial charge in [-0.25, -0.2) is 0 Å². The van der Waals surface area contributed by atoms with Gasteiger partial charge in [-0.1, -0.05) is 6.07 Å². The third kappa shape index (κ3) is 8.03. The Morgan fingerprint density at radius 3 is 2.57 bits per heavy atom. The van der Waals surface area contributed by atoms with Crippen molar-refractivity contribution in [2.45, 2.75) is 39.7 Å². The van der Waals surface area contributed by atoms with Gasteiger partial charge in [0.2, 0.25) is 0 Å². The van der Waals surface area contributed by atoms with Crippen molar-refractivity contribution in [2.75, 3.05) is 66.6 Å². The molecule has 0 radical (unpaired) electrons. The molecule has 0 saturated carbocycles. The molecule has 170 valence electrons. The Balaban J connectivity index is 1.78. The standard InChI is InChI=1S/C23H41N5O2/c1-6-24-23(26-18-19(3)28-15-13-27(4)14-16-28)25-12-8-9-20-10-11-21(29-5)22(17-20)30-7-2/h10-11,17,19H,6-9,12-16,18H2,1-5H3,(H2,24,25,26). The average molecular weight is 420 g/mol. The van der Waals surface area contributed by atoms with Crippen LogP contribution < -0.4 is 20.1 Å². The fraction of sp³-hybridized carbons (Fsp3) is 0.696. The first kappa shape index (κ1) is 24.3. The molecular weight excluding hydrogens is 378 g/mol. The van der Waals surface area contributed by atoms with Crippen LogP contribution in [0.4, 0.5) is 0 Å². The number of methoxy groups -OCH3 is 1. The molecule has 7 nitrogen and oxygen atoms in total. The number of aliphatic imine (C=N–C) groups is 1. The molecule has 1 aromatic carbocycles. The number of nitrogens with zero attached hydrogens (tertiary/aromatic N) is 3. The lowest BCUT2D eigenvalue weighted by molar-refractivity contribution is 0.122. The van der Waals surface area contributed by atoms with Gasteiger partial charge in [0.05, 0.1) is 20.3 Å². The number of guanidine groups is 1. The molecule has 1 saturated heterocycles. The van der Waals surface area contributed by atoms with Crippen LogP contribution in [0.5, 0.6) is 11.5 Å². The van der Waals surface area contributed by atoms with Crippen molar-refractivity contribution >= 4 is 5.96 Å². The highest BCUT2D eigenvalue weighted by Gasteiger charge is 2.18. The maximum Gasteiger partial charge on any atom is 0.191 e. The Morgan fingerprint density at radius 2 is 1.90 bits per heavy atom. The lowest BCUT2D eigenvalue weighted by Crippen LogP contribution is -2.49. The number of benzene rings is 1. The van der Waals surface area contributed by atoms with Crippen molar-refractivity contribution in [3.8, 4) is 11.5 Å². The summed E-state index contributed by atoms with van der Waals surface area (Å²) in [5, 5.41) is 6.84. The largest absolute Gasteiger partial charge is 0.493 e. The monoisotopic (exact) mass is 419 g/mol. The minimum Gasteiger partial charge on any atom is -0.493 e. The first-order chi connectivity index (χ1) is 14.6. The summed E-state index contributed by atoms with van der Waals surface area (Å²) in [6.07, 6.45) is 2.00. The maximum atomic E-state index is 5.68. The quantitative estimate of drug-likeness (QED) is 0.326. The molecule has 2 N–H and O–H groups in total. The maximum absolute atomic E-state index is 5.68. The lowest BCUT2D eigenvalue weighted by Gasteiger charge is -2.35. The van der Waals surface area contributed by atoms with Crippen LogP contribution in [0.2, 0.25) is 0 Å². The minimum atomic E-state index is 0.463. The summed E-state index contributed by atoms with van der Waals surface area (Å²) in [7, 11) is 3.87. The number of ether oxygens (including phenoxy) is 2. The Morgan fingerprint density at radius 1 is 1.13 bits per heavy atom. The number of hydrogen-bond donors (Lipinski definition) is 2. The number of aryl methyl sites for hydroxylation is 1. The first-order valence-corrected chi connectivity index (χ1v) is 11.3. The molecule has 7 heteroatoms. The van der Waals surface area contributed by atoms with Crippen LogP contribution in [0.1, 0.15) is 32.8 Å². The average Bonchev–Trinajstić information content (AvgIpc) is 2.75. The van der Waals surface area contributed by atoms with Gasteiger partial charge in [-0.15, -0.1) is 0 Å². The van der Waals surface area contributed by atoms with Gasteiger partial charge in [-0.2, -0.15) is 0 Å². The molecule has 1 fully saturated rings. The summed E-state index contributed by atoms with van der Waals surface area (Å²) in [5.74, 6) is 2.51. The SMILES string of the molecule is CCNC(=NCC(C)N1CCN(C)CC1)NCCCc1ccc(OC)c(OCC)c1. The van der Waals surface area contributed by atoms with Gasteiger partial charge in [-0.3, -0.25) is 9.89 Å². The summed E-state index contributed by atoms with van der Waals surface area (Å²) in [6, 6.07) is 6.64. The smallest absolute Gasteiger partial charge is 0.191 e. The molecule has 1 aliphatic rings. The van der Waals surface area contributed by atoms with Gasteiger partial charge in [0.1, 0.15) is 0 Å². The summed E-state index contributed by atoms with van der Waals surface area (Å²) in [5.41, 5.74) is 1.26. The Kier molecular flexibility index (Phi) is 10.8. The summed E-state index contributed by atoms with van der Waals surface area (Å²) in [6.45, 7) is 14.1. The van der Waals surface area contributed by atoms with Crippen molar-refractivity contribution < 1.29 is 9.47 Å². The Hall–Kier alpha value is -1.99. The van der Waals surface area contributed by atoms with E-state index in [1.165, 1.54) is 5.56 Å². The van der Waals surface area contributed by atoms with E-state index in [0.717, 1.165) is 76.1 Å². The zero-order valence-electron chi connectivity index (χ0n) is 19.5. The van der Waals surface area contributed by atoms with E-state index < -0.39 is 0 Å². The van der Waals surface area contributed by atoms with E-state index in [9.17, 15) is 0 Å². The Bertz CT molecular complexity index is 644. The van der Waals surface area contributed by atoms with Gasteiger partial charge < -0.3 is 25.0 Å². The van der Waals surface area contributed by atoms with Gasteiger partial charge in [-0.05, 0) is 58.4 Å². The van der Waals surface area contributed by atoms with Crippen LogP contribution in [0.25, 0.3) is 0 Å². The summed E-state index contributed by atoms with van der Waals surface area (Å²) in [4.78, 5) is 9.74. The van der Waals surface area contributed by atoms with E-state index in [2.05, 4.69) is 53.5 Å². The van der Waals surface area contributed by atoms with Gasteiger partial charge >= 0.3 is 0 Å². The topological polar surface area (TPSA) is 61.4 Å². The predicted octanol–water partition coefficient (Wildman–Crippen LogP) is 2.22. The molecule has 0 aromatic heterocycles. The highest BCUT2D eigenvalue weighted by Crippen LogP contribution is 2.28. The number of likely N-dealkylation sites (N-methyl/N-ethyl adjacent to an activating group) is 1. The van der Waals surface area contributed by atoms with E-state index >= 15 is 0 Å². The Labute approximate surface area is 182 Å². The second kappa shape index (κ2) is 13.3. The normalized spacial score (nSPS) is 16.9. The molecule has 1 heterocycles. The van der Waals surface area contributed by atoms with Crippen LogP contribution in [0, 0.1) is 0 Å². The van der Waals surface area contributed by atoms with Crippen molar-refractivity contribution in [1.29, 1.82) is 0 Å². The molecule has 1 aromatic rings. The minimum absolute atomic E-state index is 0.463. The second-order valence-electron chi connectivity index (χ2n) is 7.86. The zero-order chi connectivity index (χ0) is 21.8. The van der Waals surface area contributed by atoms with E-state index in [-0.39, 0.29) is 0 Å².